The summed E-state index contributed by atoms with van der Waals surface area (Å²) in [7, 11) is 0. The Morgan fingerprint density at radius 3 is 2.40 bits per heavy atom. The lowest BCUT2D eigenvalue weighted by atomic mass is 9.99. The summed E-state index contributed by atoms with van der Waals surface area (Å²) in [5, 5.41) is 2.90. The predicted molar refractivity (Wildman–Crippen MR) is 115 cm³/mol. The van der Waals surface area contributed by atoms with E-state index < -0.39 is 6.04 Å². The topological polar surface area (TPSA) is 49.4 Å². The Morgan fingerprint density at radius 2 is 1.63 bits per heavy atom. The van der Waals surface area contributed by atoms with E-state index in [1.54, 1.807) is 17.0 Å². The molecule has 3 aromatic rings. The molecule has 152 valence electrons. The van der Waals surface area contributed by atoms with Crippen LogP contribution in [0.25, 0.3) is 0 Å². The number of rotatable bonds is 5. The van der Waals surface area contributed by atoms with Gasteiger partial charge in [-0.1, -0.05) is 60.7 Å². The second-order valence-corrected chi connectivity index (χ2v) is 7.44. The van der Waals surface area contributed by atoms with Gasteiger partial charge in [-0.25, -0.2) is 4.39 Å². The van der Waals surface area contributed by atoms with Crippen LogP contribution in [0.5, 0.6) is 0 Å². The number of fused-ring (bicyclic) bond motifs is 1. The molecule has 0 spiro atoms. The Balaban J connectivity index is 1.58. The number of aryl methyl sites for hydroxylation is 1. The highest BCUT2D eigenvalue weighted by Crippen LogP contribution is 2.29. The van der Waals surface area contributed by atoms with Gasteiger partial charge >= 0.3 is 0 Å². The van der Waals surface area contributed by atoms with Gasteiger partial charge in [0.15, 0.2) is 0 Å². The van der Waals surface area contributed by atoms with Crippen LogP contribution < -0.4 is 10.2 Å². The normalized spacial score (nSPS) is 14.0. The molecule has 1 aliphatic rings. The molecule has 1 unspecified atom stereocenters. The molecule has 0 bridgehead atoms. The van der Waals surface area contributed by atoms with Crippen LogP contribution in [-0.2, 0) is 22.4 Å². The zero-order valence-corrected chi connectivity index (χ0v) is 16.6. The fourth-order valence-electron chi connectivity index (χ4n) is 3.85. The van der Waals surface area contributed by atoms with Crippen molar-refractivity contribution in [3.8, 4) is 0 Å². The Kier molecular flexibility index (Phi) is 5.89. The van der Waals surface area contributed by atoms with Crippen molar-refractivity contribution in [2.45, 2.75) is 25.3 Å². The molecule has 1 N–H and O–H groups in total. The van der Waals surface area contributed by atoms with Crippen molar-refractivity contribution in [3.05, 3.63) is 101 Å². The van der Waals surface area contributed by atoms with Crippen molar-refractivity contribution in [2.24, 2.45) is 0 Å². The van der Waals surface area contributed by atoms with Gasteiger partial charge in [-0.05, 0) is 47.7 Å². The fourth-order valence-corrected chi connectivity index (χ4v) is 3.85. The van der Waals surface area contributed by atoms with Gasteiger partial charge in [-0.2, -0.15) is 0 Å². The molecule has 0 saturated heterocycles. The predicted octanol–water partition coefficient (Wildman–Crippen LogP) is 4.21. The molecular formula is C25H23FN2O2. The summed E-state index contributed by atoms with van der Waals surface area (Å²) >= 11 is 0. The smallest absolute Gasteiger partial charge is 0.254 e. The zero-order valence-electron chi connectivity index (χ0n) is 16.6. The lowest BCUT2D eigenvalue weighted by molar-refractivity contribution is -0.127. The Hall–Kier alpha value is -3.47. The minimum atomic E-state index is -0.787. The molecular weight excluding hydrogens is 379 g/mol. The van der Waals surface area contributed by atoms with E-state index in [1.165, 1.54) is 12.1 Å². The lowest BCUT2D eigenvalue weighted by Gasteiger charge is -2.32. The minimum Gasteiger partial charge on any atom is -0.340 e. The summed E-state index contributed by atoms with van der Waals surface area (Å²) in [6.45, 7) is 0.618. The molecule has 5 heteroatoms. The number of anilines is 1. The standard InChI is InChI=1S/C25H23FN2O2/c26-21-14-12-18(13-15-21)17-23(29)27-24(20-8-2-1-3-9-20)25(30)28-16-6-10-19-7-4-5-11-22(19)28/h1-5,7-9,11-15,24H,6,10,16-17H2,(H,27,29). The van der Waals surface area contributed by atoms with E-state index in [0.29, 0.717) is 12.1 Å². The van der Waals surface area contributed by atoms with Crippen LogP contribution in [0.4, 0.5) is 10.1 Å². The number of carbonyl (C=O) groups is 2. The molecule has 2 amide bonds. The first kappa shape index (κ1) is 19.8. The molecule has 1 aliphatic heterocycles. The first-order chi connectivity index (χ1) is 14.6. The van der Waals surface area contributed by atoms with Crippen LogP contribution in [-0.4, -0.2) is 18.4 Å². The average molecular weight is 402 g/mol. The maximum absolute atomic E-state index is 13.6. The molecule has 1 atom stereocenters. The van der Waals surface area contributed by atoms with Gasteiger partial charge in [0.2, 0.25) is 5.91 Å². The monoisotopic (exact) mass is 402 g/mol. The van der Waals surface area contributed by atoms with Crippen molar-refractivity contribution in [1.29, 1.82) is 0 Å². The summed E-state index contributed by atoms with van der Waals surface area (Å²) in [5.74, 6) is -0.782. The molecule has 1 heterocycles. The second kappa shape index (κ2) is 8.91. The largest absolute Gasteiger partial charge is 0.340 e. The van der Waals surface area contributed by atoms with Crippen LogP contribution in [0.3, 0.4) is 0 Å². The van der Waals surface area contributed by atoms with Crippen molar-refractivity contribution in [2.75, 3.05) is 11.4 Å². The number of halogens is 1. The molecule has 0 aromatic heterocycles. The summed E-state index contributed by atoms with van der Waals surface area (Å²) in [4.78, 5) is 28.1. The number of nitrogens with zero attached hydrogens (tertiary/aromatic N) is 1. The molecule has 30 heavy (non-hydrogen) atoms. The highest BCUT2D eigenvalue weighted by molar-refractivity contribution is 6.00. The van der Waals surface area contributed by atoms with Crippen LogP contribution in [0.2, 0.25) is 0 Å². The number of benzene rings is 3. The summed E-state index contributed by atoms with van der Waals surface area (Å²) in [6.07, 6.45) is 1.90. The molecule has 0 fully saturated rings. The minimum absolute atomic E-state index is 0.0769. The van der Waals surface area contributed by atoms with E-state index in [2.05, 4.69) is 5.32 Å². The van der Waals surface area contributed by atoms with Gasteiger partial charge in [0.25, 0.3) is 5.91 Å². The van der Waals surface area contributed by atoms with E-state index >= 15 is 0 Å². The third-order valence-corrected chi connectivity index (χ3v) is 5.34. The van der Waals surface area contributed by atoms with Crippen molar-refractivity contribution >= 4 is 17.5 Å². The van der Waals surface area contributed by atoms with E-state index in [0.717, 1.165) is 29.7 Å². The second-order valence-electron chi connectivity index (χ2n) is 7.44. The van der Waals surface area contributed by atoms with Gasteiger partial charge in [0, 0.05) is 12.2 Å². The maximum atomic E-state index is 13.6. The number of nitrogens with one attached hydrogen (secondary N) is 1. The first-order valence-electron chi connectivity index (χ1n) is 10.1. The SMILES string of the molecule is O=C(Cc1ccc(F)cc1)NC(C(=O)N1CCCc2ccccc21)c1ccccc1. The van der Waals surface area contributed by atoms with E-state index in [4.69, 9.17) is 0 Å². The Labute approximate surface area is 175 Å². The molecule has 4 nitrogen and oxygen atoms in total. The van der Waals surface area contributed by atoms with Crippen molar-refractivity contribution < 1.29 is 14.0 Å². The Morgan fingerprint density at radius 1 is 0.933 bits per heavy atom. The lowest BCUT2D eigenvalue weighted by Crippen LogP contribution is -2.45. The molecule has 0 radical (unpaired) electrons. The van der Waals surface area contributed by atoms with Gasteiger partial charge in [-0.3, -0.25) is 9.59 Å². The van der Waals surface area contributed by atoms with E-state index in [-0.39, 0.29) is 24.1 Å². The molecule has 4 rings (SSSR count). The molecule has 3 aromatic carbocycles. The average Bonchev–Trinajstić information content (AvgIpc) is 2.79. The zero-order chi connectivity index (χ0) is 20.9. The van der Waals surface area contributed by atoms with E-state index in [1.807, 2.05) is 54.6 Å². The van der Waals surface area contributed by atoms with Crippen LogP contribution in [0, 0.1) is 5.82 Å². The number of amides is 2. The van der Waals surface area contributed by atoms with Gasteiger partial charge in [0.1, 0.15) is 11.9 Å². The van der Waals surface area contributed by atoms with Crippen LogP contribution >= 0.6 is 0 Å². The summed E-state index contributed by atoms with van der Waals surface area (Å²) in [6, 6.07) is 22.2. The highest BCUT2D eigenvalue weighted by atomic mass is 19.1. The van der Waals surface area contributed by atoms with Crippen LogP contribution in [0.1, 0.15) is 29.2 Å². The number of hydrogen-bond donors (Lipinski definition) is 1. The molecule has 0 saturated carbocycles. The van der Waals surface area contributed by atoms with E-state index in [9.17, 15) is 14.0 Å². The number of para-hydroxylation sites is 1. The van der Waals surface area contributed by atoms with Crippen LogP contribution in [0.15, 0.2) is 78.9 Å². The number of hydrogen-bond acceptors (Lipinski definition) is 2. The summed E-state index contributed by atoms with van der Waals surface area (Å²) in [5.41, 5.74) is 3.47. The maximum Gasteiger partial charge on any atom is 0.254 e. The highest BCUT2D eigenvalue weighted by Gasteiger charge is 2.30. The van der Waals surface area contributed by atoms with Gasteiger partial charge in [-0.15, -0.1) is 0 Å². The number of carbonyl (C=O) groups excluding carboxylic acids is 2. The van der Waals surface area contributed by atoms with Gasteiger partial charge in [0.05, 0.1) is 6.42 Å². The third-order valence-electron chi connectivity index (χ3n) is 5.34. The van der Waals surface area contributed by atoms with Gasteiger partial charge < -0.3 is 10.2 Å². The first-order valence-corrected chi connectivity index (χ1v) is 10.1. The fraction of sp³-hybridized carbons (Fsp3) is 0.200. The Bertz CT molecular complexity index is 1030. The quantitative estimate of drug-likeness (QED) is 0.695. The molecule has 0 aliphatic carbocycles. The van der Waals surface area contributed by atoms with Crippen molar-refractivity contribution in [1.82, 2.24) is 5.32 Å². The summed E-state index contributed by atoms with van der Waals surface area (Å²) < 4.78 is 13.1. The third kappa shape index (κ3) is 4.40. The van der Waals surface area contributed by atoms with Crippen molar-refractivity contribution in [3.63, 3.8) is 0 Å².